The maximum Gasteiger partial charge on any atom is 0.340 e. The van der Waals surface area contributed by atoms with Crippen LogP contribution in [-0.4, -0.2) is 53.5 Å². The second-order valence-electron chi connectivity index (χ2n) is 11.4. The van der Waals surface area contributed by atoms with E-state index < -0.39 is 33.3 Å². The molecule has 1 aromatic rings. The van der Waals surface area contributed by atoms with Gasteiger partial charge in [-0.2, -0.15) is 0 Å². The third kappa shape index (κ3) is 11.2. The Balaban J connectivity index is 3.76. The first kappa shape index (κ1) is 28.5. The summed E-state index contributed by atoms with van der Waals surface area (Å²) in [4.78, 5) is 0. The van der Waals surface area contributed by atoms with Crippen molar-refractivity contribution in [3.63, 3.8) is 0 Å². The van der Waals surface area contributed by atoms with Gasteiger partial charge in [0.15, 0.2) is 14.1 Å². The first-order chi connectivity index (χ1) is 13.8. The van der Waals surface area contributed by atoms with E-state index >= 15 is 0 Å². The van der Waals surface area contributed by atoms with E-state index in [1.165, 1.54) is 0 Å². The fourth-order valence-electron chi connectivity index (χ4n) is 2.36. The van der Waals surface area contributed by atoms with Crippen LogP contribution in [0.25, 0.3) is 5.76 Å². The topological polar surface area (TPSA) is 46.2 Å². The zero-order valence-electron chi connectivity index (χ0n) is 21.3. The van der Waals surface area contributed by atoms with Crippen molar-refractivity contribution >= 4 is 59.3 Å². The van der Waals surface area contributed by atoms with Crippen LogP contribution in [0.1, 0.15) is 5.56 Å². The Bertz CT molecular complexity index is 770. The molecule has 0 fully saturated rings. The van der Waals surface area contributed by atoms with Gasteiger partial charge in [0.1, 0.15) is 16.9 Å². The molecule has 0 heterocycles. The third-order valence-electron chi connectivity index (χ3n) is 3.21. The van der Waals surface area contributed by atoms with Crippen molar-refractivity contribution in [2.45, 2.75) is 78.6 Å². The van der Waals surface area contributed by atoms with Gasteiger partial charge in [0.2, 0.25) is 25.0 Å². The lowest BCUT2D eigenvalue weighted by atomic mass is 10.1. The van der Waals surface area contributed by atoms with Crippen molar-refractivity contribution in [2.24, 2.45) is 0 Å². The van der Waals surface area contributed by atoms with Crippen LogP contribution < -0.4 is 8.85 Å². The zero-order chi connectivity index (χ0) is 24.3. The molecule has 11 heteroatoms. The van der Waals surface area contributed by atoms with Gasteiger partial charge in [-0.25, -0.2) is 0 Å². The van der Waals surface area contributed by atoms with Gasteiger partial charge >= 0.3 is 20.2 Å². The predicted octanol–water partition coefficient (Wildman–Crippen LogP) is 6.16. The fraction of sp³-hybridized carbons (Fsp3) is 0.600. The van der Waals surface area contributed by atoms with E-state index in [0.29, 0.717) is 11.1 Å². The van der Waals surface area contributed by atoms with Gasteiger partial charge in [-0.05, 0) is 90.7 Å². The third-order valence-corrected chi connectivity index (χ3v) is 9.46. The molecule has 0 unspecified atom stereocenters. The number of rotatable bonds is 11. The van der Waals surface area contributed by atoms with Crippen molar-refractivity contribution in [1.29, 1.82) is 0 Å². The molecule has 31 heavy (non-hydrogen) atoms. The molecule has 0 bridgehead atoms. The average Bonchev–Trinajstić information content (AvgIpc) is 2.51. The van der Waals surface area contributed by atoms with E-state index in [-0.39, 0.29) is 9.76 Å². The summed E-state index contributed by atoms with van der Waals surface area (Å²) in [6, 6.07) is 5.99. The normalized spacial score (nSPS) is 14.1. The van der Waals surface area contributed by atoms with Crippen molar-refractivity contribution in [2.75, 3.05) is 0 Å². The van der Waals surface area contributed by atoms with Gasteiger partial charge in [-0.1, -0.05) is 6.07 Å². The van der Waals surface area contributed by atoms with Crippen LogP contribution in [0.2, 0.25) is 78.6 Å². The lowest BCUT2D eigenvalue weighted by Crippen LogP contribution is -2.33. The molecule has 0 saturated heterocycles. The first-order valence-electron chi connectivity index (χ1n) is 10.5. The van der Waals surface area contributed by atoms with Crippen LogP contribution in [0.15, 0.2) is 23.6 Å². The number of hydrogen-bond acceptors (Lipinski definition) is 5. The van der Waals surface area contributed by atoms with Crippen molar-refractivity contribution < 1.29 is 21.8 Å². The van der Waals surface area contributed by atoms with Crippen molar-refractivity contribution in [3.8, 4) is 11.5 Å². The molecule has 0 amide bonds. The SMILES string of the molecule is C[Si](C)(C)O[Si]C(O[Si])=C(O[Si](C)(C)C)c1cccc(O[Si](C)(C)C)c1O[Si](C)(C)C. The fourth-order valence-corrected chi connectivity index (χ4v) is 7.05. The molecule has 0 aliphatic heterocycles. The Morgan fingerprint density at radius 2 is 1.29 bits per heavy atom. The van der Waals surface area contributed by atoms with Gasteiger partial charge in [-0.15, -0.1) is 0 Å². The molecule has 0 N–H and O–H groups in total. The molecule has 0 spiro atoms. The molecule has 0 aromatic heterocycles. The quantitative estimate of drug-likeness (QED) is 0.255. The van der Waals surface area contributed by atoms with Crippen LogP contribution in [-0.2, 0) is 13.0 Å². The molecule has 5 radical (unpaired) electrons. The molecule has 5 nitrogen and oxygen atoms in total. The van der Waals surface area contributed by atoms with Gasteiger partial charge in [-0.3, -0.25) is 0 Å². The lowest BCUT2D eigenvalue weighted by Gasteiger charge is -2.30. The summed E-state index contributed by atoms with van der Waals surface area (Å²) in [6.45, 7) is 26.0. The van der Waals surface area contributed by atoms with E-state index in [2.05, 4.69) is 89.1 Å². The zero-order valence-corrected chi connectivity index (χ0v) is 27.3. The van der Waals surface area contributed by atoms with E-state index in [1.807, 2.05) is 18.2 Å². The van der Waals surface area contributed by atoms with Crippen molar-refractivity contribution in [3.05, 3.63) is 29.1 Å². The van der Waals surface area contributed by atoms with E-state index in [4.69, 9.17) is 21.8 Å². The average molecular weight is 528 g/mol. The maximum absolute atomic E-state index is 6.58. The smallest absolute Gasteiger partial charge is 0.340 e. The Morgan fingerprint density at radius 3 is 1.71 bits per heavy atom. The first-order valence-corrected chi connectivity index (χ1v) is 25.5. The standard InChI is InChI=1S/C20H39O5Si6/c1-28(2,3)22-17-15-13-14-16(18(17)23-29(4,5)6)19(24-30(7,8)9)20(21-26)27-25-31(10,11)12/h13-15H,1-12H3. The summed E-state index contributed by atoms with van der Waals surface area (Å²) in [6.07, 6.45) is 0. The Kier molecular flexibility index (Phi) is 9.70. The highest BCUT2D eigenvalue weighted by atomic mass is 28.4. The summed E-state index contributed by atoms with van der Waals surface area (Å²) in [5, 5.41) is 0.632. The second kappa shape index (κ2) is 10.6. The summed E-state index contributed by atoms with van der Waals surface area (Å²) >= 11 is 0. The molecule has 0 atom stereocenters. The number of hydrogen-bond donors (Lipinski definition) is 0. The highest BCUT2D eigenvalue weighted by Gasteiger charge is 2.31. The minimum Gasteiger partial charge on any atom is -0.543 e. The summed E-state index contributed by atoms with van der Waals surface area (Å²) in [7, 11) is -4.23. The molecular weight excluding hydrogens is 489 g/mol. The van der Waals surface area contributed by atoms with Gasteiger partial charge in [0.05, 0.1) is 5.56 Å². The van der Waals surface area contributed by atoms with E-state index in [1.54, 1.807) is 0 Å². The molecule has 1 aromatic carbocycles. The van der Waals surface area contributed by atoms with Crippen molar-refractivity contribution in [1.82, 2.24) is 0 Å². The molecule has 1 rings (SSSR count). The number of para-hydroxylation sites is 1. The van der Waals surface area contributed by atoms with Crippen LogP contribution in [0, 0.1) is 0 Å². The largest absolute Gasteiger partial charge is 0.543 e. The lowest BCUT2D eigenvalue weighted by molar-refractivity contribution is 0.434. The van der Waals surface area contributed by atoms with E-state index in [0.717, 1.165) is 17.1 Å². The highest BCUT2D eigenvalue weighted by Crippen LogP contribution is 2.40. The van der Waals surface area contributed by atoms with Gasteiger partial charge in [0.25, 0.3) is 0 Å². The van der Waals surface area contributed by atoms with Gasteiger partial charge in [0, 0.05) is 0 Å². The summed E-state index contributed by atoms with van der Waals surface area (Å²) in [5.41, 5.74) is 0.848. The number of benzene rings is 1. The minimum atomic E-state index is -1.98. The predicted molar refractivity (Wildman–Crippen MR) is 143 cm³/mol. The molecule has 0 aliphatic carbocycles. The molecule has 0 saturated carbocycles. The highest BCUT2D eigenvalue weighted by molar-refractivity contribution is 6.75. The van der Waals surface area contributed by atoms with Crippen LogP contribution in [0.3, 0.4) is 0 Å². The summed E-state index contributed by atoms with van der Waals surface area (Å²) < 4.78 is 31.4. The Labute approximate surface area is 199 Å². The maximum atomic E-state index is 6.58. The van der Waals surface area contributed by atoms with Crippen LogP contribution in [0.5, 0.6) is 11.5 Å². The monoisotopic (exact) mass is 527 g/mol. The molecular formula is C20H39O5Si6. The molecule has 0 aliphatic rings. The van der Waals surface area contributed by atoms with E-state index in [9.17, 15) is 0 Å². The molecule has 173 valence electrons. The van der Waals surface area contributed by atoms with Crippen LogP contribution >= 0.6 is 0 Å². The summed E-state index contributed by atoms with van der Waals surface area (Å²) in [5.74, 6) is 2.16. The van der Waals surface area contributed by atoms with Crippen LogP contribution in [0.4, 0.5) is 0 Å². The second-order valence-corrected chi connectivity index (χ2v) is 30.5. The van der Waals surface area contributed by atoms with Gasteiger partial charge < -0.3 is 21.8 Å². The minimum absolute atomic E-state index is 0.0289. The Morgan fingerprint density at radius 1 is 0.742 bits per heavy atom. The Hall–Kier alpha value is -0.579.